The number of carboxylic acid groups (broad SMARTS) is 1. The number of nitrogens with zero attached hydrogens (tertiary/aromatic N) is 3. The number of benzene rings is 1. The monoisotopic (exact) mass is 391 g/mol. The zero-order chi connectivity index (χ0) is 20.1. The molecule has 2 saturated heterocycles. The lowest BCUT2D eigenvalue weighted by molar-refractivity contribution is -0.384. The Morgan fingerprint density at radius 3 is 2.68 bits per heavy atom. The summed E-state index contributed by atoms with van der Waals surface area (Å²) in [4.78, 5) is 38.8. The van der Waals surface area contributed by atoms with Gasteiger partial charge in [-0.1, -0.05) is 6.07 Å². The van der Waals surface area contributed by atoms with Gasteiger partial charge in [-0.3, -0.25) is 19.7 Å². The number of anilines is 1. The number of carbonyl (C=O) groups excluding carboxylic acids is 1. The molecule has 2 aliphatic heterocycles. The zero-order valence-corrected chi connectivity index (χ0v) is 15.7. The highest BCUT2D eigenvalue weighted by atomic mass is 16.6. The molecule has 1 amide bonds. The van der Waals surface area contributed by atoms with Crippen molar-refractivity contribution in [3.8, 4) is 0 Å². The molecule has 0 bridgehead atoms. The van der Waals surface area contributed by atoms with E-state index < -0.39 is 10.9 Å². The maximum atomic E-state index is 13.3. The van der Waals surface area contributed by atoms with Crippen LogP contribution in [0.4, 0.5) is 11.4 Å². The number of nitro benzene ring substituents is 1. The molecule has 28 heavy (non-hydrogen) atoms. The smallest absolute Gasteiger partial charge is 0.303 e. The molecule has 0 spiro atoms. The number of ether oxygens (including phenoxy) is 1. The van der Waals surface area contributed by atoms with Gasteiger partial charge in [-0.15, -0.1) is 0 Å². The number of nitro groups is 1. The van der Waals surface area contributed by atoms with Gasteiger partial charge < -0.3 is 19.6 Å². The van der Waals surface area contributed by atoms with Crippen molar-refractivity contribution in [2.45, 2.75) is 25.7 Å². The van der Waals surface area contributed by atoms with Crippen LogP contribution in [0.2, 0.25) is 0 Å². The van der Waals surface area contributed by atoms with E-state index in [1.807, 2.05) is 4.90 Å². The van der Waals surface area contributed by atoms with Crippen LogP contribution in [-0.4, -0.2) is 66.2 Å². The van der Waals surface area contributed by atoms with E-state index in [1.165, 1.54) is 6.07 Å². The molecular formula is C19H25N3O6. The molecule has 2 heterocycles. The number of likely N-dealkylation sites (tertiary alicyclic amines) is 1. The maximum absolute atomic E-state index is 13.3. The van der Waals surface area contributed by atoms with Crippen LogP contribution in [0.3, 0.4) is 0 Å². The number of hydrogen-bond acceptors (Lipinski definition) is 6. The van der Waals surface area contributed by atoms with Crippen molar-refractivity contribution in [3.05, 3.63) is 33.9 Å². The molecule has 1 N–H and O–H groups in total. The SMILES string of the molecule is O=C(O)CCC1CCCN(C(=O)c2cccc([N+](=O)[O-])c2N2CCOCC2)C1. The Morgan fingerprint density at radius 1 is 1.25 bits per heavy atom. The van der Waals surface area contributed by atoms with E-state index in [0.29, 0.717) is 57.1 Å². The summed E-state index contributed by atoms with van der Waals surface area (Å²) in [5, 5.41) is 20.5. The lowest BCUT2D eigenvalue weighted by atomic mass is 9.93. The first-order valence-corrected chi connectivity index (χ1v) is 9.58. The van der Waals surface area contributed by atoms with E-state index in [2.05, 4.69) is 0 Å². The van der Waals surface area contributed by atoms with Gasteiger partial charge in [0.25, 0.3) is 11.6 Å². The van der Waals surface area contributed by atoms with Gasteiger partial charge in [0, 0.05) is 38.7 Å². The predicted octanol–water partition coefficient (Wildman–Crippen LogP) is 2.15. The summed E-state index contributed by atoms with van der Waals surface area (Å²) in [6.45, 7) is 2.96. The van der Waals surface area contributed by atoms with Crippen molar-refractivity contribution < 1.29 is 24.4 Å². The fraction of sp³-hybridized carbons (Fsp3) is 0.579. The summed E-state index contributed by atoms with van der Waals surface area (Å²) in [7, 11) is 0. The number of carbonyl (C=O) groups is 2. The van der Waals surface area contributed by atoms with Gasteiger partial charge in [0.1, 0.15) is 5.69 Å². The van der Waals surface area contributed by atoms with Gasteiger partial charge in [0.2, 0.25) is 0 Å². The third-order valence-corrected chi connectivity index (χ3v) is 5.34. The highest BCUT2D eigenvalue weighted by Crippen LogP contribution is 2.34. The number of rotatable bonds is 6. The van der Waals surface area contributed by atoms with E-state index >= 15 is 0 Å². The minimum absolute atomic E-state index is 0.0767. The number of piperidine rings is 1. The second kappa shape index (κ2) is 9.01. The molecule has 1 aromatic carbocycles. The Balaban J connectivity index is 1.85. The van der Waals surface area contributed by atoms with Crippen LogP contribution in [0.25, 0.3) is 0 Å². The number of carboxylic acids is 1. The highest BCUT2D eigenvalue weighted by molar-refractivity contribution is 6.02. The van der Waals surface area contributed by atoms with E-state index in [4.69, 9.17) is 9.84 Å². The van der Waals surface area contributed by atoms with Gasteiger partial charge in [-0.25, -0.2) is 0 Å². The van der Waals surface area contributed by atoms with Crippen LogP contribution in [0, 0.1) is 16.0 Å². The summed E-state index contributed by atoms with van der Waals surface area (Å²) in [6, 6.07) is 4.61. The number of amides is 1. The average molecular weight is 391 g/mol. The molecule has 0 aliphatic carbocycles. The van der Waals surface area contributed by atoms with Gasteiger partial charge in [-0.2, -0.15) is 0 Å². The first kappa shape index (κ1) is 20.1. The molecule has 3 rings (SSSR count). The van der Waals surface area contributed by atoms with Crippen LogP contribution in [0.1, 0.15) is 36.0 Å². The molecule has 9 nitrogen and oxygen atoms in total. The Labute approximate surface area is 163 Å². The van der Waals surface area contributed by atoms with Gasteiger partial charge in [0.15, 0.2) is 0 Å². The first-order valence-electron chi connectivity index (χ1n) is 9.58. The molecular weight excluding hydrogens is 366 g/mol. The van der Waals surface area contributed by atoms with Crippen LogP contribution < -0.4 is 4.90 Å². The van der Waals surface area contributed by atoms with Crippen molar-refractivity contribution in [1.29, 1.82) is 0 Å². The second-order valence-corrected chi connectivity index (χ2v) is 7.22. The molecule has 1 aromatic rings. The van der Waals surface area contributed by atoms with Gasteiger partial charge in [-0.05, 0) is 31.2 Å². The zero-order valence-electron chi connectivity index (χ0n) is 15.7. The Kier molecular flexibility index (Phi) is 6.45. The Hall–Kier alpha value is -2.68. The minimum Gasteiger partial charge on any atom is -0.481 e. The summed E-state index contributed by atoms with van der Waals surface area (Å²) < 4.78 is 5.34. The third kappa shape index (κ3) is 4.59. The number of morpholine rings is 1. The van der Waals surface area contributed by atoms with Crippen molar-refractivity contribution in [1.82, 2.24) is 4.90 Å². The van der Waals surface area contributed by atoms with Crippen molar-refractivity contribution >= 4 is 23.3 Å². The summed E-state index contributed by atoms with van der Waals surface area (Å²) >= 11 is 0. The van der Waals surface area contributed by atoms with Gasteiger partial charge in [0.05, 0.1) is 23.7 Å². The molecule has 1 atom stereocenters. The molecule has 9 heteroatoms. The van der Waals surface area contributed by atoms with Crippen molar-refractivity contribution in [2.24, 2.45) is 5.92 Å². The van der Waals surface area contributed by atoms with E-state index in [-0.39, 0.29) is 23.9 Å². The molecule has 0 saturated carbocycles. The van der Waals surface area contributed by atoms with E-state index in [1.54, 1.807) is 17.0 Å². The molecule has 0 aromatic heterocycles. The number of para-hydroxylation sites is 1. The third-order valence-electron chi connectivity index (χ3n) is 5.34. The molecule has 2 fully saturated rings. The van der Waals surface area contributed by atoms with Crippen LogP contribution >= 0.6 is 0 Å². The fourth-order valence-corrected chi connectivity index (χ4v) is 3.95. The van der Waals surface area contributed by atoms with Crippen LogP contribution in [0.15, 0.2) is 18.2 Å². The fourth-order valence-electron chi connectivity index (χ4n) is 3.95. The highest BCUT2D eigenvalue weighted by Gasteiger charge is 2.31. The lowest BCUT2D eigenvalue weighted by Crippen LogP contribution is -2.42. The normalized spacial score (nSPS) is 20.1. The number of hydrogen-bond donors (Lipinski definition) is 1. The molecule has 2 aliphatic rings. The van der Waals surface area contributed by atoms with Crippen molar-refractivity contribution in [2.75, 3.05) is 44.3 Å². The molecule has 1 unspecified atom stereocenters. The summed E-state index contributed by atoms with van der Waals surface area (Å²) in [5.74, 6) is -0.929. The standard InChI is InChI=1S/C19H25N3O6/c23-17(24)7-6-14-3-2-8-21(13-14)19(25)15-4-1-5-16(22(26)27)18(15)20-9-11-28-12-10-20/h1,4-5,14H,2-3,6-13H2,(H,23,24). The molecule has 152 valence electrons. The largest absolute Gasteiger partial charge is 0.481 e. The Morgan fingerprint density at radius 2 is 2.00 bits per heavy atom. The van der Waals surface area contributed by atoms with E-state index in [0.717, 1.165) is 12.8 Å². The minimum atomic E-state index is -0.836. The van der Waals surface area contributed by atoms with Gasteiger partial charge >= 0.3 is 5.97 Å². The van der Waals surface area contributed by atoms with Crippen LogP contribution in [-0.2, 0) is 9.53 Å². The Bertz CT molecular complexity index is 747. The second-order valence-electron chi connectivity index (χ2n) is 7.22. The quantitative estimate of drug-likeness (QED) is 0.584. The van der Waals surface area contributed by atoms with E-state index in [9.17, 15) is 19.7 Å². The summed E-state index contributed by atoms with van der Waals surface area (Å²) in [6.07, 6.45) is 2.31. The average Bonchev–Trinajstić information content (AvgIpc) is 2.72. The number of aliphatic carboxylic acids is 1. The lowest BCUT2D eigenvalue weighted by Gasteiger charge is -2.34. The topological polar surface area (TPSA) is 113 Å². The van der Waals surface area contributed by atoms with Crippen molar-refractivity contribution in [3.63, 3.8) is 0 Å². The first-order chi connectivity index (χ1) is 13.5. The summed E-state index contributed by atoms with van der Waals surface area (Å²) in [5.41, 5.74) is 0.607. The van der Waals surface area contributed by atoms with Crippen LogP contribution in [0.5, 0.6) is 0 Å². The molecule has 0 radical (unpaired) electrons. The maximum Gasteiger partial charge on any atom is 0.303 e. The predicted molar refractivity (Wildman–Crippen MR) is 102 cm³/mol.